The fraction of sp³-hybridized carbons (Fsp3) is 0.588. The van der Waals surface area contributed by atoms with Gasteiger partial charge in [0.15, 0.2) is 0 Å². The van der Waals surface area contributed by atoms with Crippen LogP contribution >= 0.6 is 0 Å². The third-order valence-electron chi connectivity index (χ3n) is 4.73. The SMILES string of the molecule is CCC(C(=O)NC1(c2cc(F)ccc2F)CC1)N1CCOCC1. The van der Waals surface area contributed by atoms with Gasteiger partial charge in [0.25, 0.3) is 0 Å². The minimum Gasteiger partial charge on any atom is -0.379 e. The van der Waals surface area contributed by atoms with Crippen molar-refractivity contribution in [2.45, 2.75) is 37.8 Å². The molecule has 4 nitrogen and oxygen atoms in total. The predicted octanol–water partition coefficient (Wildman–Crippen LogP) is 2.18. The number of carbonyl (C=O) groups is 1. The second-order valence-corrected chi connectivity index (χ2v) is 6.27. The zero-order chi connectivity index (χ0) is 16.4. The molecule has 3 rings (SSSR count). The summed E-state index contributed by atoms with van der Waals surface area (Å²) in [5, 5.41) is 2.97. The van der Waals surface area contributed by atoms with Gasteiger partial charge >= 0.3 is 0 Å². The molecule has 1 aliphatic carbocycles. The van der Waals surface area contributed by atoms with E-state index in [2.05, 4.69) is 10.2 Å². The van der Waals surface area contributed by atoms with Gasteiger partial charge in [0, 0.05) is 18.7 Å². The smallest absolute Gasteiger partial charge is 0.238 e. The van der Waals surface area contributed by atoms with Crippen LogP contribution in [0.1, 0.15) is 31.7 Å². The van der Waals surface area contributed by atoms with E-state index in [1.807, 2.05) is 6.92 Å². The van der Waals surface area contributed by atoms with Crippen molar-refractivity contribution in [1.82, 2.24) is 10.2 Å². The molecule has 1 aromatic carbocycles. The Balaban J connectivity index is 1.74. The fourth-order valence-electron chi connectivity index (χ4n) is 3.27. The third kappa shape index (κ3) is 3.38. The van der Waals surface area contributed by atoms with Crippen LogP contribution in [0, 0.1) is 11.6 Å². The molecule has 6 heteroatoms. The van der Waals surface area contributed by atoms with E-state index in [4.69, 9.17) is 4.74 Å². The van der Waals surface area contributed by atoms with Crippen LogP contribution in [0.2, 0.25) is 0 Å². The summed E-state index contributed by atoms with van der Waals surface area (Å²) in [4.78, 5) is 14.8. The number of rotatable bonds is 5. The zero-order valence-corrected chi connectivity index (χ0v) is 13.3. The number of hydrogen-bond acceptors (Lipinski definition) is 3. The van der Waals surface area contributed by atoms with Gasteiger partial charge in [-0.2, -0.15) is 0 Å². The topological polar surface area (TPSA) is 41.6 Å². The van der Waals surface area contributed by atoms with E-state index in [-0.39, 0.29) is 17.5 Å². The maximum absolute atomic E-state index is 14.0. The summed E-state index contributed by atoms with van der Waals surface area (Å²) >= 11 is 0. The Morgan fingerprint density at radius 3 is 2.65 bits per heavy atom. The van der Waals surface area contributed by atoms with Crippen LogP contribution in [0.5, 0.6) is 0 Å². The Labute approximate surface area is 134 Å². The van der Waals surface area contributed by atoms with Gasteiger partial charge in [-0.1, -0.05) is 6.92 Å². The van der Waals surface area contributed by atoms with Crippen molar-refractivity contribution in [3.8, 4) is 0 Å². The molecule has 0 bridgehead atoms. The van der Waals surface area contributed by atoms with Crippen molar-refractivity contribution in [3.05, 3.63) is 35.4 Å². The van der Waals surface area contributed by atoms with Crippen molar-refractivity contribution in [1.29, 1.82) is 0 Å². The van der Waals surface area contributed by atoms with Crippen LogP contribution in [-0.4, -0.2) is 43.2 Å². The van der Waals surface area contributed by atoms with Crippen molar-refractivity contribution < 1.29 is 18.3 Å². The van der Waals surface area contributed by atoms with Gasteiger partial charge in [0.2, 0.25) is 5.91 Å². The molecule has 2 aliphatic rings. The summed E-state index contributed by atoms with van der Waals surface area (Å²) in [5.74, 6) is -1.07. The van der Waals surface area contributed by atoms with Crippen molar-refractivity contribution in [3.63, 3.8) is 0 Å². The quantitative estimate of drug-likeness (QED) is 0.903. The summed E-state index contributed by atoms with van der Waals surface area (Å²) in [7, 11) is 0. The summed E-state index contributed by atoms with van der Waals surface area (Å²) in [6.45, 7) is 4.63. The normalized spacial score (nSPS) is 21.7. The summed E-state index contributed by atoms with van der Waals surface area (Å²) in [6.07, 6.45) is 1.95. The number of halogens is 2. The molecule has 0 aromatic heterocycles. The number of nitrogens with one attached hydrogen (secondary N) is 1. The Hall–Kier alpha value is -1.53. The standard InChI is InChI=1S/C17H22F2N2O2/c1-2-15(21-7-9-23-10-8-21)16(22)20-17(5-6-17)13-11-12(18)3-4-14(13)19/h3-4,11,15H,2,5-10H2,1H3,(H,20,22). The number of carbonyl (C=O) groups excluding carboxylic acids is 1. The van der Waals surface area contributed by atoms with Crippen molar-refractivity contribution >= 4 is 5.91 Å². The highest BCUT2D eigenvalue weighted by molar-refractivity contribution is 5.83. The zero-order valence-electron chi connectivity index (χ0n) is 13.3. The lowest BCUT2D eigenvalue weighted by Gasteiger charge is -2.34. The molecule has 126 valence electrons. The first-order valence-electron chi connectivity index (χ1n) is 8.15. The van der Waals surface area contributed by atoms with E-state index in [9.17, 15) is 13.6 Å². The van der Waals surface area contributed by atoms with Crippen molar-refractivity contribution in [2.24, 2.45) is 0 Å². The molecule has 2 fully saturated rings. The minimum atomic E-state index is -0.747. The predicted molar refractivity (Wildman–Crippen MR) is 81.9 cm³/mol. The molecule has 1 saturated carbocycles. The molecule has 1 amide bonds. The van der Waals surface area contributed by atoms with Gasteiger partial charge in [-0.15, -0.1) is 0 Å². The molecule has 0 spiro atoms. The fourth-order valence-corrected chi connectivity index (χ4v) is 3.27. The second-order valence-electron chi connectivity index (χ2n) is 6.27. The lowest BCUT2D eigenvalue weighted by atomic mass is 10.0. The maximum Gasteiger partial charge on any atom is 0.238 e. The van der Waals surface area contributed by atoms with Gasteiger partial charge < -0.3 is 10.1 Å². The average molecular weight is 324 g/mol. The first-order chi connectivity index (χ1) is 11.1. The van der Waals surface area contributed by atoms with Gasteiger partial charge in [-0.05, 0) is 37.5 Å². The lowest BCUT2D eigenvalue weighted by Crippen LogP contribution is -2.52. The molecule has 1 aliphatic heterocycles. The van der Waals surface area contributed by atoms with E-state index in [1.54, 1.807) is 0 Å². The van der Waals surface area contributed by atoms with E-state index >= 15 is 0 Å². The largest absolute Gasteiger partial charge is 0.379 e. The van der Waals surface area contributed by atoms with Gasteiger partial charge in [0.05, 0.1) is 24.8 Å². The average Bonchev–Trinajstić information content (AvgIpc) is 3.32. The van der Waals surface area contributed by atoms with Crippen LogP contribution in [0.4, 0.5) is 8.78 Å². The second kappa shape index (κ2) is 6.53. The number of hydrogen-bond donors (Lipinski definition) is 1. The highest BCUT2D eigenvalue weighted by Gasteiger charge is 2.48. The highest BCUT2D eigenvalue weighted by atomic mass is 19.1. The summed E-state index contributed by atoms with van der Waals surface area (Å²) < 4.78 is 32.8. The van der Waals surface area contributed by atoms with Gasteiger partial charge in [0.1, 0.15) is 11.6 Å². The molecular weight excluding hydrogens is 302 g/mol. The van der Waals surface area contributed by atoms with E-state index < -0.39 is 17.2 Å². The number of benzene rings is 1. The Kier molecular flexibility index (Phi) is 4.64. The molecule has 1 saturated heterocycles. The number of ether oxygens (including phenoxy) is 1. The summed E-state index contributed by atoms with van der Waals surface area (Å²) in [5.41, 5.74) is -0.495. The monoisotopic (exact) mass is 324 g/mol. The van der Waals surface area contributed by atoms with Gasteiger partial charge in [-0.25, -0.2) is 8.78 Å². The minimum absolute atomic E-state index is 0.115. The molecule has 23 heavy (non-hydrogen) atoms. The lowest BCUT2D eigenvalue weighted by molar-refractivity contribution is -0.129. The molecular formula is C17H22F2N2O2. The van der Waals surface area contributed by atoms with E-state index in [0.717, 1.165) is 12.1 Å². The first-order valence-corrected chi connectivity index (χ1v) is 8.15. The first kappa shape index (κ1) is 16.3. The maximum atomic E-state index is 14.0. The summed E-state index contributed by atoms with van der Waals surface area (Å²) in [6, 6.07) is 3.15. The molecule has 1 aromatic rings. The van der Waals surface area contributed by atoms with Crippen LogP contribution in [0.3, 0.4) is 0 Å². The van der Waals surface area contributed by atoms with Crippen LogP contribution in [0.15, 0.2) is 18.2 Å². The van der Waals surface area contributed by atoms with E-state index in [0.29, 0.717) is 45.6 Å². The number of amides is 1. The number of morpholine rings is 1. The third-order valence-corrected chi connectivity index (χ3v) is 4.73. The van der Waals surface area contributed by atoms with Crippen molar-refractivity contribution in [2.75, 3.05) is 26.3 Å². The Morgan fingerprint density at radius 2 is 2.04 bits per heavy atom. The number of nitrogens with zero attached hydrogens (tertiary/aromatic N) is 1. The van der Waals surface area contributed by atoms with Crippen LogP contribution in [-0.2, 0) is 15.1 Å². The van der Waals surface area contributed by atoms with Gasteiger partial charge in [-0.3, -0.25) is 9.69 Å². The van der Waals surface area contributed by atoms with Crippen LogP contribution in [0.25, 0.3) is 0 Å². The molecule has 1 heterocycles. The highest BCUT2D eigenvalue weighted by Crippen LogP contribution is 2.46. The molecule has 1 N–H and O–H groups in total. The Bertz CT molecular complexity index is 584. The van der Waals surface area contributed by atoms with Crippen LogP contribution < -0.4 is 5.32 Å². The van der Waals surface area contributed by atoms with E-state index in [1.165, 1.54) is 6.07 Å². The molecule has 1 unspecified atom stereocenters. The molecule has 0 radical (unpaired) electrons. The molecule has 1 atom stereocenters. The Morgan fingerprint density at radius 1 is 1.35 bits per heavy atom.